The van der Waals surface area contributed by atoms with Crippen LogP contribution in [0.5, 0.6) is 17.2 Å². The number of para-hydroxylation sites is 1. The number of methoxy groups -OCH3 is 3. The van der Waals surface area contributed by atoms with E-state index >= 15 is 0 Å². The van der Waals surface area contributed by atoms with Crippen LogP contribution in [0, 0.1) is 5.92 Å². The van der Waals surface area contributed by atoms with Crippen LogP contribution in [0.3, 0.4) is 0 Å². The Hall–Kier alpha value is -3.28. The van der Waals surface area contributed by atoms with E-state index in [9.17, 15) is 4.79 Å². The van der Waals surface area contributed by atoms with Gasteiger partial charge in [0.2, 0.25) is 5.75 Å². The number of aromatic nitrogens is 1. The SMILES string of the molecule is COc1cc(-c2cc(C(=O)NCC3CC3)c3ccccc3n2)cc(OC)c1OC. The van der Waals surface area contributed by atoms with E-state index in [0.29, 0.717) is 34.4 Å². The van der Waals surface area contributed by atoms with Gasteiger partial charge in [0.1, 0.15) is 0 Å². The van der Waals surface area contributed by atoms with E-state index in [0.717, 1.165) is 23.0 Å². The molecule has 1 heterocycles. The fourth-order valence-electron chi connectivity index (χ4n) is 3.39. The van der Waals surface area contributed by atoms with Gasteiger partial charge in [0.15, 0.2) is 11.5 Å². The van der Waals surface area contributed by atoms with Gasteiger partial charge in [0.25, 0.3) is 5.91 Å². The summed E-state index contributed by atoms with van der Waals surface area (Å²) in [5, 5.41) is 3.89. The van der Waals surface area contributed by atoms with Gasteiger partial charge in [0.05, 0.1) is 38.1 Å². The first-order valence-electron chi connectivity index (χ1n) is 9.63. The second kappa shape index (κ2) is 7.99. The molecular weight excluding hydrogens is 368 g/mol. The highest BCUT2D eigenvalue weighted by molar-refractivity contribution is 6.07. The van der Waals surface area contributed by atoms with Crippen molar-refractivity contribution in [2.75, 3.05) is 27.9 Å². The lowest BCUT2D eigenvalue weighted by Gasteiger charge is -2.15. The lowest BCUT2D eigenvalue weighted by Crippen LogP contribution is -2.25. The highest BCUT2D eigenvalue weighted by atomic mass is 16.5. The molecule has 0 radical (unpaired) electrons. The molecule has 6 heteroatoms. The Morgan fingerprint density at radius 1 is 1.03 bits per heavy atom. The minimum atomic E-state index is -0.0795. The highest BCUT2D eigenvalue weighted by Gasteiger charge is 2.23. The summed E-state index contributed by atoms with van der Waals surface area (Å²) < 4.78 is 16.3. The Labute approximate surface area is 169 Å². The number of nitrogens with zero attached hydrogens (tertiary/aromatic N) is 1. The summed E-state index contributed by atoms with van der Waals surface area (Å²) in [5.41, 5.74) is 2.82. The van der Waals surface area contributed by atoms with Crippen molar-refractivity contribution in [2.24, 2.45) is 5.92 Å². The van der Waals surface area contributed by atoms with Crippen LogP contribution in [0.25, 0.3) is 22.2 Å². The molecule has 2 aromatic carbocycles. The standard InChI is InChI=1S/C23H24N2O4/c1-27-20-10-15(11-21(28-2)22(20)29-3)19-12-17(23(26)24-13-14-8-9-14)16-6-4-5-7-18(16)25-19/h4-7,10-12,14H,8-9,13H2,1-3H3,(H,24,26). The van der Waals surface area contributed by atoms with Crippen molar-refractivity contribution in [3.8, 4) is 28.5 Å². The molecule has 0 atom stereocenters. The van der Waals surface area contributed by atoms with Crippen LogP contribution in [0.4, 0.5) is 0 Å². The monoisotopic (exact) mass is 392 g/mol. The first kappa shape index (κ1) is 19.1. The molecule has 1 N–H and O–H groups in total. The van der Waals surface area contributed by atoms with Crippen LogP contribution in [0.1, 0.15) is 23.2 Å². The van der Waals surface area contributed by atoms with Crippen molar-refractivity contribution in [2.45, 2.75) is 12.8 Å². The number of rotatable bonds is 7. The molecule has 1 aromatic heterocycles. The number of ether oxygens (including phenoxy) is 3. The predicted octanol–water partition coefficient (Wildman–Crippen LogP) is 4.07. The molecule has 0 spiro atoms. The molecule has 1 aliphatic rings. The van der Waals surface area contributed by atoms with E-state index in [4.69, 9.17) is 19.2 Å². The average molecular weight is 392 g/mol. The van der Waals surface area contributed by atoms with Gasteiger partial charge < -0.3 is 19.5 Å². The Morgan fingerprint density at radius 3 is 2.34 bits per heavy atom. The van der Waals surface area contributed by atoms with Gasteiger partial charge in [-0.25, -0.2) is 4.98 Å². The molecule has 1 saturated carbocycles. The molecule has 1 amide bonds. The topological polar surface area (TPSA) is 69.7 Å². The second-order valence-electron chi connectivity index (χ2n) is 7.14. The average Bonchev–Trinajstić information content (AvgIpc) is 3.60. The molecule has 150 valence electrons. The summed E-state index contributed by atoms with van der Waals surface area (Å²) in [6, 6.07) is 13.2. The smallest absolute Gasteiger partial charge is 0.252 e. The summed E-state index contributed by atoms with van der Waals surface area (Å²) >= 11 is 0. The largest absolute Gasteiger partial charge is 0.493 e. The number of pyridine rings is 1. The van der Waals surface area contributed by atoms with Crippen molar-refractivity contribution in [3.63, 3.8) is 0 Å². The van der Waals surface area contributed by atoms with Crippen molar-refractivity contribution in [3.05, 3.63) is 48.0 Å². The summed E-state index contributed by atoms with van der Waals surface area (Å²) in [7, 11) is 4.72. The first-order chi connectivity index (χ1) is 14.1. The van der Waals surface area contributed by atoms with E-state index in [1.54, 1.807) is 21.3 Å². The maximum atomic E-state index is 12.9. The first-order valence-corrected chi connectivity index (χ1v) is 9.63. The van der Waals surface area contributed by atoms with Crippen LogP contribution in [-0.2, 0) is 0 Å². The Bertz CT molecular complexity index is 1030. The van der Waals surface area contributed by atoms with E-state index < -0.39 is 0 Å². The number of carbonyl (C=O) groups is 1. The summed E-state index contributed by atoms with van der Waals surface area (Å²) in [6.07, 6.45) is 2.38. The van der Waals surface area contributed by atoms with E-state index in [1.807, 2.05) is 42.5 Å². The Kier molecular flexibility index (Phi) is 5.25. The molecule has 1 aliphatic carbocycles. The van der Waals surface area contributed by atoms with Crippen molar-refractivity contribution in [1.29, 1.82) is 0 Å². The predicted molar refractivity (Wildman–Crippen MR) is 112 cm³/mol. The Balaban J connectivity index is 1.82. The molecule has 4 rings (SSSR count). The minimum absolute atomic E-state index is 0.0795. The number of nitrogens with one attached hydrogen (secondary N) is 1. The van der Waals surface area contributed by atoms with Gasteiger partial charge in [-0.15, -0.1) is 0 Å². The number of fused-ring (bicyclic) bond motifs is 1. The summed E-state index contributed by atoms with van der Waals surface area (Å²) in [5.74, 6) is 2.13. The quantitative estimate of drug-likeness (QED) is 0.656. The molecule has 1 fully saturated rings. The highest BCUT2D eigenvalue weighted by Crippen LogP contribution is 2.41. The maximum Gasteiger partial charge on any atom is 0.252 e. The van der Waals surface area contributed by atoms with Crippen LogP contribution < -0.4 is 19.5 Å². The summed E-state index contributed by atoms with van der Waals surface area (Å²) in [6.45, 7) is 0.717. The molecular formula is C23H24N2O4. The molecule has 29 heavy (non-hydrogen) atoms. The van der Waals surface area contributed by atoms with Crippen molar-refractivity contribution < 1.29 is 19.0 Å². The number of amides is 1. The zero-order valence-corrected chi connectivity index (χ0v) is 16.8. The lowest BCUT2D eigenvalue weighted by molar-refractivity contribution is 0.0953. The van der Waals surface area contributed by atoms with E-state index in [1.165, 1.54) is 12.8 Å². The molecule has 0 unspecified atom stereocenters. The van der Waals surface area contributed by atoms with Gasteiger partial charge in [-0.3, -0.25) is 4.79 Å². The molecule has 6 nitrogen and oxygen atoms in total. The second-order valence-corrected chi connectivity index (χ2v) is 7.14. The minimum Gasteiger partial charge on any atom is -0.493 e. The third-order valence-corrected chi connectivity index (χ3v) is 5.17. The zero-order valence-electron chi connectivity index (χ0n) is 16.8. The maximum absolute atomic E-state index is 12.9. The molecule has 3 aromatic rings. The number of benzene rings is 2. The van der Waals surface area contributed by atoms with Gasteiger partial charge >= 0.3 is 0 Å². The van der Waals surface area contributed by atoms with Crippen LogP contribution in [0.2, 0.25) is 0 Å². The van der Waals surface area contributed by atoms with Crippen molar-refractivity contribution in [1.82, 2.24) is 10.3 Å². The van der Waals surface area contributed by atoms with Crippen LogP contribution >= 0.6 is 0 Å². The molecule has 0 bridgehead atoms. The van der Waals surface area contributed by atoms with E-state index in [2.05, 4.69) is 5.32 Å². The van der Waals surface area contributed by atoms with Gasteiger partial charge in [-0.05, 0) is 43.0 Å². The van der Waals surface area contributed by atoms with Crippen molar-refractivity contribution >= 4 is 16.8 Å². The summed E-state index contributed by atoms with van der Waals surface area (Å²) in [4.78, 5) is 17.7. The zero-order chi connectivity index (χ0) is 20.4. The lowest BCUT2D eigenvalue weighted by atomic mass is 10.0. The third kappa shape index (κ3) is 3.83. The fourth-order valence-corrected chi connectivity index (χ4v) is 3.39. The number of carbonyl (C=O) groups excluding carboxylic acids is 1. The Morgan fingerprint density at radius 2 is 1.72 bits per heavy atom. The number of hydrogen-bond donors (Lipinski definition) is 1. The van der Waals surface area contributed by atoms with Gasteiger partial charge in [-0.2, -0.15) is 0 Å². The fraction of sp³-hybridized carbons (Fsp3) is 0.304. The van der Waals surface area contributed by atoms with Crippen LogP contribution in [-0.4, -0.2) is 38.8 Å². The molecule has 0 aliphatic heterocycles. The van der Waals surface area contributed by atoms with Gasteiger partial charge in [0, 0.05) is 17.5 Å². The van der Waals surface area contributed by atoms with E-state index in [-0.39, 0.29) is 5.91 Å². The molecule has 0 saturated heterocycles. The number of hydrogen-bond acceptors (Lipinski definition) is 5. The van der Waals surface area contributed by atoms with Gasteiger partial charge in [-0.1, -0.05) is 18.2 Å². The third-order valence-electron chi connectivity index (χ3n) is 5.17. The normalized spacial score (nSPS) is 13.2. The van der Waals surface area contributed by atoms with Crippen LogP contribution in [0.15, 0.2) is 42.5 Å².